The molecule has 0 aliphatic rings. The van der Waals surface area contributed by atoms with E-state index >= 15 is 0 Å². The molecule has 0 bridgehead atoms. The Hall–Kier alpha value is -6.82. The fourth-order valence-electron chi connectivity index (χ4n) is 6.20. The number of nitrogens with zero attached hydrogens (tertiary/aromatic N) is 7. The smallest absolute Gasteiger partial charge is 0.337 e. The van der Waals surface area contributed by atoms with Gasteiger partial charge in [-0.2, -0.15) is 5.10 Å². The minimum absolute atomic E-state index is 0.0467. The highest BCUT2D eigenvalue weighted by atomic mass is 16.5. The van der Waals surface area contributed by atoms with E-state index in [0.717, 1.165) is 0 Å². The third-order valence-corrected chi connectivity index (χ3v) is 8.79. The minimum atomic E-state index is -0.702. The van der Waals surface area contributed by atoms with Crippen LogP contribution in [0.2, 0.25) is 0 Å². The Kier molecular flexibility index (Phi) is 11.6. The number of aliphatic hydroxyl groups excluding tert-OH is 1. The first-order valence-electron chi connectivity index (χ1n) is 17.9. The van der Waals surface area contributed by atoms with Crippen molar-refractivity contribution in [2.24, 2.45) is 5.73 Å². The standard InChI is InChI=1S/C38H42N10O8/c1-6-25-32(56-22(4)40-25)35(52)44-38-42-27-19-24(33(39)50)20-30(55-16-10-15-49)31(27)47(38)14-9-8-13-46-28-12-11-23(36(53)54-5)18-26(28)41-37(46)43-34(51)29-17-21(3)45-48(29)7-2/h8-9,11-12,17-20,49H,6-7,10,13-16H2,1-5H3,(H2,39,50)(H,41,43,51)(H,42,44,52)/b9-8+. The van der Waals surface area contributed by atoms with Gasteiger partial charge in [-0.25, -0.2) is 19.7 Å². The summed E-state index contributed by atoms with van der Waals surface area (Å²) in [5.74, 6) is -1.21. The molecule has 56 heavy (non-hydrogen) atoms. The largest absolute Gasteiger partial charge is 0.491 e. The zero-order valence-electron chi connectivity index (χ0n) is 31.6. The van der Waals surface area contributed by atoms with Crippen molar-refractivity contribution in [3.8, 4) is 5.75 Å². The van der Waals surface area contributed by atoms with Crippen molar-refractivity contribution in [3.05, 3.63) is 88.4 Å². The van der Waals surface area contributed by atoms with E-state index in [1.807, 2.05) is 26.0 Å². The van der Waals surface area contributed by atoms with Gasteiger partial charge in [-0.3, -0.25) is 29.7 Å². The van der Waals surface area contributed by atoms with Crippen LogP contribution in [0.5, 0.6) is 5.75 Å². The maximum Gasteiger partial charge on any atom is 0.337 e. The highest BCUT2D eigenvalue weighted by Crippen LogP contribution is 2.32. The summed E-state index contributed by atoms with van der Waals surface area (Å²) in [6, 6.07) is 9.60. The number of aliphatic hydroxyl groups is 1. The lowest BCUT2D eigenvalue weighted by molar-refractivity contribution is 0.0600. The number of oxazole rings is 1. The van der Waals surface area contributed by atoms with Gasteiger partial charge in [-0.15, -0.1) is 0 Å². The number of aryl methyl sites for hydroxylation is 4. The van der Waals surface area contributed by atoms with Crippen molar-refractivity contribution in [2.45, 2.75) is 60.2 Å². The number of methoxy groups -OCH3 is 1. The van der Waals surface area contributed by atoms with Crippen LogP contribution >= 0.6 is 0 Å². The van der Waals surface area contributed by atoms with E-state index in [9.17, 15) is 24.3 Å². The molecule has 4 heterocycles. The van der Waals surface area contributed by atoms with Crippen LogP contribution in [0.4, 0.5) is 11.9 Å². The molecule has 6 rings (SSSR count). The Balaban J connectivity index is 1.38. The Morgan fingerprint density at radius 2 is 1.61 bits per heavy atom. The van der Waals surface area contributed by atoms with E-state index in [-0.39, 0.29) is 55.3 Å². The lowest BCUT2D eigenvalue weighted by Gasteiger charge is -2.12. The number of hydrogen-bond acceptors (Lipinski definition) is 12. The number of fused-ring (bicyclic) bond motifs is 2. The van der Waals surface area contributed by atoms with Crippen LogP contribution in [0, 0.1) is 13.8 Å². The van der Waals surface area contributed by atoms with Gasteiger partial charge in [-0.1, -0.05) is 19.1 Å². The Morgan fingerprint density at radius 1 is 0.911 bits per heavy atom. The van der Waals surface area contributed by atoms with Gasteiger partial charge >= 0.3 is 5.97 Å². The van der Waals surface area contributed by atoms with E-state index in [1.165, 1.54) is 19.2 Å². The van der Waals surface area contributed by atoms with Gasteiger partial charge in [-0.05, 0) is 56.7 Å². The molecular formula is C38H42N10O8. The molecule has 18 heteroatoms. The number of anilines is 2. The molecule has 0 spiro atoms. The van der Waals surface area contributed by atoms with E-state index in [4.69, 9.17) is 19.6 Å². The SMILES string of the molecule is CCc1nc(C)oc1C(=O)Nc1nc2cc(C(N)=O)cc(OCCCO)c2n1C/C=C/Cn1c(NC(=O)c2cc(C)nn2CC)nc2cc(C(=O)OC)ccc21. The molecule has 3 amide bonds. The highest BCUT2D eigenvalue weighted by molar-refractivity contribution is 6.05. The van der Waals surface area contributed by atoms with Gasteiger partial charge < -0.3 is 33.9 Å². The quantitative estimate of drug-likeness (QED) is 0.0617. The molecule has 292 valence electrons. The summed E-state index contributed by atoms with van der Waals surface area (Å²) in [5.41, 5.74) is 9.46. The van der Waals surface area contributed by atoms with Gasteiger partial charge in [0, 0.05) is 45.1 Å². The number of amides is 3. The molecule has 0 atom stereocenters. The average Bonchev–Trinajstić information content (AvgIpc) is 3.94. The van der Waals surface area contributed by atoms with E-state index in [2.05, 4.69) is 30.7 Å². The number of benzene rings is 2. The van der Waals surface area contributed by atoms with E-state index in [0.29, 0.717) is 70.0 Å². The normalized spacial score (nSPS) is 11.5. The number of nitrogens with two attached hydrogens (primary N) is 1. The first-order chi connectivity index (χ1) is 27.0. The van der Waals surface area contributed by atoms with Crippen LogP contribution in [0.3, 0.4) is 0 Å². The van der Waals surface area contributed by atoms with Gasteiger partial charge in [0.2, 0.25) is 23.6 Å². The molecule has 0 aliphatic heterocycles. The summed E-state index contributed by atoms with van der Waals surface area (Å²) in [7, 11) is 1.29. The molecule has 0 fully saturated rings. The van der Waals surface area contributed by atoms with Gasteiger partial charge in [0.25, 0.3) is 11.8 Å². The fourth-order valence-corrected chi connectivity index (χ4v) is 6.20. The van der Waals surface area contributed by atoms with Crippen LogP contribution in [-0.4, -0.2) is 83.0 Å². The average molecular weight is 767 g/mol. The fraction of sp³-hybridized carbons (Fsp3) is 0.316. The van der Waals surface area contributed by atoms with Crippen LogP contribution < -0.4 is 21.1 Å². The number of ether oxygens (including phenoxy) is 2. The predicted octanol–water partition coefficient (Wildman–Crippen LogP) is 4.18. The Bertz CT molecular complexity index is 2490. The number of allylic oxidation sites excluding steroid dienone is 2. The summed E-state index contributed by atoms with van der Waals surface area (Å²) in [5, 5.41) is 19.5. The molecule has 2 aromatic carbocycles. The second kappa shape index (κ2) is 16.7. The lowest BCUT2D eigenvalue weighted by Crippen LogP contribution is -2.19. The molecule has 4 aromatic heterocycles. The zero-order chi connectivity index (χ0) is 40.1. The number of hydrogen-bond donors (Lipinski definition) is 4. The van der Waals surface area contributed by atoms with Crippen molar-refractivity contribution < 1.29 is 38.2 Å². The minimum Gasteiger partial charge on any atom is -0.491 e. The number of carbonyl (C=O) groups excluding carboxylic acids is 4. The zero-order valence-corrected chi connectivity index (χ0v) is 31.6. The number of nitrogens with one attached hydrogen (secondary N) is 2. The molecule has 0 unspecified atom stereocenters. The van der Waals surface area contributed by atoms with Crippen molar-refractivity contribution in [1.29, 1.82) is 0 Å². The van der Waals surface area contributed by atoms with Crippen LogP contribution in [-0.2, 0) is 30.8 Å². The third kappa shape index (κ3) is 8.00. The van der Waals surface area contributed by atoms with Crippen LogP contribution in [0.15, 0.2) is 53.0 Å². The predicted molar refractivity (Wildman–Crippen MR) is 205 cm³/mol. The summed E-state index contributed by atoms with van der Waals surface area (Å²) < 4.78 is 21.6. The summed E-state index contributed by atoms with van der Waals surface area (Å²) in [6.45, 7) is 8.05. The summed E-state index contributed by atoms with van der Waals surface area (Å²) >= 11 is 0. The van der Waals surface area contributed by atoms with Crippen molar-refractivity contribution >= 4 is 57.7 Å². The number of esters is 1. The van der Waals surface area contributed by atoms with Crippen molar-refractivity contribution in [1.82, 2.24) is 33.9 Å². The lowest BCUT2D eigenvalue weighted by atomic mass is 10.1. The maximum atomic E-state index is 13.5. The second-order valence-corrected chi connectivity index (χ2v) is 12.6. The molecular weight excluding hydrogens is 724 g/mol. The van der Waals surface area contributed by atoms with Gasteiger partial charge in [0.1, 0.15) is 17.0 Å². The molecule has 0 saturated carbocycles. The monoisotopic (exact) mass is 766 g/mol. The Labute approximate surface area is 320 Å². The second-order valence-electron chi connectivity index (χ2n) is 12.6. The summed E-state index contributed by atoms with van der Waals surface area (Å²) in [4.78, 5) is 65.3. The molecule has 0 aliphatic carbocycles. The van der Waals surface area contributed by atoms with Crippen molar-refractivity contribution in [3.63, 3.8) is 0 Å². The highest BCUT2D eigenvalue weighted by Gasteiger charge is 2.24. The molecule has 18 nitrogen and oxygen atoms in total. The third-order valence-electron chi connectivity index (χ3n) is 8.79. The summed E-state index contributed by atoms with van der Waals surface area (Å²) in [6.07, 6.45) is 4.44. The van der Waals surface area contributed by atoms with E-state index < -0.39 is 23.7 Å². The number of primary amides is 1. The Morgan fingerprint density at radius 3 is 2.30 bits per heavy atom. The number of rotatable bonds is 16. The molecule has 0 radical (unpaired) electrons. The first-order valence-corrected chi connectivity index (χ1v) is 17.9. The van der Waals surface area contributed by atoms with Crippen LogP contribution in [0.1, 0.15) is 79.3 Å². The topological polar surface area (TPSA) is 237 Å². The number of imidazole rings is 2. The number of carbonyl (C=O) groups is 4. The molecule has 5 N–H and O–H groups in total. The first kappa shape index (κ1) is 38.9. The van der Waals surface area contributed by atoms with Crippen molar-refractivity contribution in [2.75, 3.05) is 31.0 Å². The molecule has 6 aromatic rings. The van der Waals surface area contributed by atoms with Crippen LogP contribution in [0.25, 0.3) is 22.1 Å². The van der Waals surface area contributed by atoms with Gasteiger partial charge in [0.05, 0.1) is 47.2 Å². The number of aromatic nitrogens is 7. The van der Waals surface area contributed by atoms with E-state index in [1.54, 1.807) is 51.9 Å². The maximum absolute atomic E-state index is 13.5. The molecule has 0 saturated heterocycles. The van der Waals surface area contributed by atoms with Gasteiger partial charge in [0.15, 0.2) is 5.89 Å².